The van der Waals surface area contributed by atoms with Crippen LogP contribution in [0.2, 0.25) is 0 Å². The van der Waals surface area contributed by atoms with Gasteiger partial charge in [0.25, 0.3) is 0 Å². The summed E-state index contributed by atoms with van der Waals surface area (Å²) in [5.74, 6) is 0. The number of nitrogens with zero attached hydrogens (tertiary/aromatic N) is 2. The first kappa shape index (κ1) is 36.6. The van der Waals surface area contributed by atoms with Gasteiger partial charge in [0.1, 0.15) is 5.58 Å². The predicted molar refractivity (Wildman–Crippen MR) is 254 cm³/mol. The fourth-order valence-corrected chi connectivity index (χ4v) is 11.0. The van der Waals surface area contributed by atoms with Crippen LogP contribution in [0, 0.1) is 0 Å². The molecule has 0 amide bonds. The van der Waals surface area contributed by atoms with Gasteiger partial charge in [-0.15, -0.1) is 0 Å². The van der Waals surface area contributed by atoms with E-state index >= 15 is 0 Å². The summed E-state index contributed by atoms with van der Waals surface area (Å²) in [6, 6.07) is 72.3. The second-order valence-electron chi connectivity index (χ2n) is 16.6. The largest absolute Gasteiger partial charge is 0.453 e. The molecule has 304 valence electrons. The third-order valence-electron chi connectivity index (χ3n) is 13.4. The van der Waals surface area contributed by atoms with E-state index in [4.69, 9.17) is 4.42 Å². The fraction of sp³-hybridized carbons (Fsp3) is 0.0345. The zero-order chi connectivity index (χ0) is 42.7. The van der Waals surface area contributed by atoms with E-state index < -0.39 is 17.2 Å². The predicted octanol–water partition coefficient (Wildman–Crippen LogP) is 16.5. The summed E-state index contributed by atoms with van der Waals surface area (Å²) in [4.78, 5) is 4.55. The zero-order valence-electron chi connectivity index (χ0n) is 34.1. The Kier molecular flexibility index (Phi) is 7.68. The molecule has 1 aliphatic carbocycles. The van der Waals surface area contributed by atoms with Gasteiger partial charge in [-0.3, -0.25) is 0 Å². The second kappa shape index (κ2) is 13.5. The lowest BCUT2D eigenvalue weighted by molar-refractivity contribution is -0.136. The van der Waals surface area contributed by atoms with Crippen LogP contribution in [0.5, 0.6) is 0 Å². The summed E-state index contributed by atoms with van der Waals surface area (Å²) in [5, 5.41) is 5.41. The smallest absolute Gasteiger partial charge is 0.420 e. The van der Waals surface area contributed by atoms with Gasteiger partial charge in [0.2, 0.25) is 0 Å². The Morgan fingerprint density at radius 1 is 0.422 bits per heavy atom. The minimum absolute atomic E-state index is 0.177. The third-order valence-corrected chi connectivity index (χ3v) is 13.4. The molecule has 0 fully saturated rings. The number of anilines is 6. The van der Waals surface area contributed by atoms with Crippen molar-refractivity contribution in [1.82, 2.24) is 0 Å². The molecule has 0 radical (unpaired) electrons. The van der Waals surface area contributed by atoms with E-state index in [2.05, 4.69) is 149 Å². The lowest BCUT2D eigenvalue weighted by atomic mass is 9.64. The molecule has 0 saturated heterocycles. The second-order valence-corrected chi connectivity index (χ2v) is 16.6. The van der Waals surface area contributed by atoms with Gasteiger partial charge in [0.15, 0.2) is 5.58 Å². The van der Waals surface area contributed by atoms with Crippen LogP contribution in [0.25, 0.3) is 54.6 Å². The van der Waals surface area contributed by atoms with Gasteiger partial charge in [0, 0.05) is 27.5 Å². The fourth-order valence-electron chi connectivity index (χ4n) is 11.0. The maximum Gasteiger partial charge on any atom is 0.420 e. The van der Waals surface area contributed by atoms with E-state index in [0.717, 1.165) is 72.9 Å². The molecule has 1 aliphatic heterocycles. The molecule has 2 aliphatic rings. The van der Waals surface area contributed by atoms with Gasteiger partial charge < -0.3 is 14.2 Å². The molecule has 10 aromatic carbocycles. The van der Waals surface area contributed by atoms with Gasteiger partial charge in [-0.25, -0.2) is 0 Å². The molecule has 6 heteroatoms. The van der Waals surface area contributed by atoms with Gasteiger partial charge >= 0.3 is 6.18 Å². The molecule has 13 rings (SSSR count). The van der Waals surface area contributed by atoms with Crippen molar-refractivity contribution in [2.45, 2.75) is 11.6 Å². The van der Waals surface area contributed by atoms with Crippen LogP contribution in [-0.4, -0.2) is 0 Å². The SMILES string of the molecule is FC(F)(F)c1cccc2c1oc1c(N(c3ccccc3)c3cc4c(c5ccccc35)-c3c(ccc5ccccc35)C43c4ccccc4N(c4ccccc4)c4ccccc43)cccc12. The van der Waals surface area contributed by atoms with Crippen LogP contribution < -0.4 is 9.80 Å². The molecule has 0 bridgehead atoms. The van der Waals surface area contributed by atoms with Crippen molar-refractivity contribution in [3.63, 3.8) is 0 Å². The van der Waals surface area contributed by atoms with E-state index in [1.165, 1.54) is 22.6 Å². The average Bonchev–Trinajstić information content (AvgIpc) is 3.87. The number of hydrogen-bond acceptors (Lipinski definition) is 3. The van der Waals surface area contributed by atoms with E-state index in [1.54, 1.807) is 6.07 Å². The van der Waals surface area contributed by atoms with E-state index in [9.17, 15) is 13.2 Å². The van der Waals surface area contributed by atoms with Crippen LogP contribution in [-0.2, 0) is 11.6 Å². The summed E-state index contributed by atoms with van der Waals surface area (Å²) in [6.45, 7) is 0. The number of halogens is 3. The maximum atomic E-state index is 14.6. The quantitative estimate of drug-likeness (QED) is 0.176. The Morgan fingerprint density at radius 3 is 1.70 bits per heavy atom. The van der Waals surface area contributed by atoms with Crippen molar-refractivity contribution in [2.24, 2.45) is 0 Å². The van der Waals surface area contributed by atoms with Gasteiger partial charge in [-0.2, -0.15) is 13.2 Å². The number of furan rings is 1. The van der Waals surface area contributed by atoms with Crippen molar-refractivity contribution < 1.29 is 17.6 Å². The molecule has 64 heavy (non-hydrogen) atoms. The van der Waals surface area contributed by atoms with E-state index in [0.29, 0.717) is 22.0 Å². The number of hydrogen-bond donors (Lipinski definition) is 0. The van der Waals surface area contributed by atoms with Crippen molar-refractivity contribution in [2.75, 3.05) is 9.80 Å². The van der Waals surface area contributed by atoms with Crippen LogP contribution in [0.1, 0.15) is 27.8 Å². The molecular weight excluding hydrogens is 798 g/mol. The Bertz CT molecular complexity index is 3640. The Labute approximate surface area is 366 Å². The lowest BCUT2D eigenvalue weighted by Crippen LogP contribution is -2.36. The first-order valence-corrected chi connectivity index (χ1v) is 21.4. The maximum absolute atomic E-state index is 14.6. The van der Waals surface area contributed by atoms with Crippen LogP contribution >= 0.6 is 0 Å². The topological polar surface area (TPSA) is 19.6 Å². The van der Waals surface area contributed by atoms with E-state index in [-0.39, 0.29) is 5.58 Å². The molecule has 2 heterocycles. The molecule has 3 nitrogen and oxygen atoms in total. The van der Waals surface area contributed by atoms with Gasteiger partial charge in [-0.1, -0.05) is 158 Å². The minimum atomic E-state index is -4.60. The Hall–Kier alpha value is -8.09. The van der Waals surface area contributed by atoms with E-state index in [1.807, 2.05) is 54.6 Å². The first-order chi connectivity index (χ1) is 31.4. The molecule has 11 aromatic rings. The Balaban J connectivity index is 1.20. The third kappa shape index (κ3) is 4.93. The summed E-state index contributed by atoms with van der Waals surface area (Å²) in [7, 11) is 0. The molecule has 0 N–H and O–H groups in total. The summed E-state index contributed by atoms with van der Waals surface area (Å²) >= 11 is 0. The number of fused-ring (bicyclic) bond motifs is 16. The highest BCUT2D eigenvalue weighted by atomic mass is 19.4. The average molecular weight is 833 g/mol. The molecule has 1 aromatic heterocycles. The summed E-state index contributed by atoms with van der Waals surface area (Å²) < 4.78 is 50.2. The monoisotopic (exact) mass is 832 g/mol. The first-order valence-electron chi connectivity index (χ1n) is 21.4. The number of para-hydroxylation sites is 6. The van der Waals surface area contributed by atoms with Crippen molar-refractivity contribution in [1.29, 1.82) is 0 Å². The van der Waals surface area contributed by atoms with Crippen LogP contribution in [0.15, 0.2) is 217 Å². The lowest BCUT2D eigenvalue weighted by Gasteiger charge is -2.45. The van der Waals surface area contributed by atoms with Crippen LogP contribution in [0.3, 0.4) is 0 Å². The summed E-state index contributed by atoms with van der Waals surface area (Å²) in [6.07, 6.45) is -4.60. The van der Waals surface area contributed by atoms with Crippen molar-refractivity contribution >= 4 is 77.6 Å². The molecule has 0 atom stereocenters. The highest BCUT2D eigenvalue weighted by Gasteiger charge is 2.53. The van der Waals surface area contributed by atoms with Gasteiger partial charge in [-0.05, 0) is 104 Å². The number of benzene rings is 10. The zero-order valence-corrected chi connectivity index (χ0v) is 34.1. The highest BCUT2D eigenvalue weighted by Crippen LogP contribution is 2.66. The minimum Gasteiger partial charge on any atom is -0.453 e. The normalized spacial score (nSPS) is 13.6. The summed E-state index contributed by atoms with van der Waals surface area (Å²) in [5.41, 5.74) is 11.2. The molecular formula is C58H35F3N2O. The molecule has 1 spiro atoms. The standard InChI is InChI=1S/C58H35F3N2O/c59-58(60,61)47-29-15-25-42-43-26-16-32-51(56(43)64-55(42)47)63(38-20-5-2-6-21-38)52-35-48-54(41-24-10-9-23-40(41)52)53-39-22-8-7-17-36(39)33-34-46(53)57(48)44-27-11-13-30-49(44)62(37-18-3-1-4-19-37)50-31-14-12-28-45(50)57/h1-35H. The number of rotatable bonds is 4. The van der Waals surface area contributed by atoms with Crippen molar-refractivity contribution in [3.05, 3.63) is 240 Å². The van der Waals surface area contributed by atoms with Gasteiger partial charge in [0.05, 0.1) is 33.7 Å². The highest BCUT2D eigenvalue weighted by molar-refractivity contribution is 6.18. The van der Waals surface area contributed by atoms with Crippen molar-refractivity contribution in [3.8, 4) is 11.1 Å². The Morgan fingerprint density at radius 2 is 0.984 bits per heavy atom. The number of alkyl halides is 3. The van der Waals surface area contributed by atoms with Crippen LogP contribution in [0.4, 0.5) is 47.3 Å². The molecule has 0 unspecified atom stereocenters. The molecule has 0 saturated carbocycles.